The van der Waals surface area contributed by atoms with Crippen molar-refractivity contribution in [3.05, 3.63) is 59.7 Å². The molecule has 5 nitrogen and oxygen atoms in total. The van der Waals surface area contributed by atoms with E-state index in [9.17, 15) is 0 Å². The van der Waals surface area contributed by atoms with E-state index < -0.39 is 0 Å². The van der Waals surface area contributed by atoms with Gasteiger partial charge in [0.2, 0.25) is 0 Å². The van der Waals surface area contributed by atoms with Gasteiger partial charge in [-0.25, -0.2) is 0 Å². The first-order chi connectivity index (χ1) is 13.6. The third kappa shape index (κ3) is 7.51. The van der Waals surface area contributed by atoms with Crippen molar-refractivity contribution in [1.82, 2.24) is 4.90 Å². The molecule has 0 aliphatic carbocycles. The molecule has 0 radical (unpaired) electrons. The minimum atomic E-state index is 0. The monoisotopic (exact) mass is 507 g/mol. The maximum Gasteiger partial charge on any atom is 0.193 e. The van der Waals surface area contributed by atoms with Crippen molar-refractivity contribution in [3.8, 4) is 0 Å². The second kappa shape index (κ2) is 12.0. The molecule has 1 heterocycles. The lowest BCUT2D eigenvalue weighted by Crippen LogP contribution is -2.46. The minimum Gasteiger partial charge on any atom is -0.370 e. The van der Waals surface area contributed by atoms with Gasteiger partial charge in [-0.05, 0) is 68.6 Å². The molecule has 1 aliphatic heterocycles. The second-order valence-electron chi connectivity index (χ2n) is 7.56. The molecule has 0 saturated carbocycles. The molecule has 3 rings (SSSR count). The third-order valence-electron chi connectivity index (χ3n) is 5.44. The Hall–Kier alpha value is -1.80. The van der Waals surface area contributed by atoms with Gasteiger partial charge in [0.05, 0.1) is 0 Å². The Morgan fingerprint density at radius 1 is 0.966 bits per heavy atom. The predicted octanol–water partition coefficient (Wildman–Crippen LogP) is 4.25. The molecule has 0 bridgehead atoms. The van der Waals surface area contributed by atoms with Crippen LogP contribution in [0, 0.1) is 13.8 Å². The number of nitrogens with two attached hydrogens (primary N) is 1. The van der Waals surface area contributed by atoms with E-state index in [0.29, 0.717) is 5.96 Å². The first kappa shape index (κ1) is 23.5. The molecular formula is C23H34IN5. The zero-order valence-electron chi connectivity index (χ0n) is 17.6. The highest BCUT2D eigenvalue weighted by Crippen LogP contribution is 2.16. The van der Waals surface area contributed by atoms with E-state index in [0.717, 1.165) is 57.8 Å². The molecular weight excluding hydrogens is 473 g/mol. The number of rotatable bonds is 7. The Morgan fingerprint density at radius 2 is 1.69 bits per heavy atom. The summed E-state index contributed by atoms with van der Waals surface area (Å²) in [5.74, 6) is 0.500. The first-order valence-electron chi connectivity index (χ1n) is 10.3. The summed E-state index contributed by atoms with van der Waals surface area (Å²) in [6, 6.07) is 16.9. The molecule has 158 valence electrons. The van der Waals surface area contributed by atoms with Gasteiger partial charge in [-0.1, -0.05) is 24.3 Å². The molecule has 6 heteroatoms. The quantitative estimate of drug-likeness (QED) is 0.255. The molecule has 29 heavy (non-hydrogen) atoms. The van der Waals surface area contributed by atoms with Crippen LogP contribution in [0.2, 0.25) is 0 Å². The van der Waals surface area contributed by atoms with Gasteiger partial charge in [0, 0.05) is 44.1 Å². The number of aliphatic imine (C=N–C) groups is 1. The fraction of sp³-hybridized carbons (Fsp3) is 0.435. The highest BCUT2D eigenvalue weighted by molar-refractivity contribution is 14.0. The zero-order valence-corrected chi connectivity index (χ0v) is 19.9. The van der Waals surface area contributed by atoms with Crippen molar-refractivity contribution in [2.45, 2.75) is 26.7 Å². The number of halogens is 1. The van der Waals surface area contributed by atoms with Crippen molar-refractivity contribution in [3.63, 3.8) is 0 Å². The van der Waals surface area contributed by atoms with Crippen molar-refractivity contribution in [2.75, 3.05) is 49.5 Å². The maximum atomic E-state index is 6.01. The summed E-state index contributed by atoms with van der Waals surface area (Å²) in [6.45, 7) is 10.6. The number of piperazine rings is 1. The largest absolute Gasteiger partial charge is 0.370 e. The lowest BCUT2D eigenvalue weighted by Gasteiger charge is -2.36. The van der Waals surface area contributed by atoms with E-state index in [1.165, 1.54) is 16.8 Å². The second-order valence-corrected chi connectivity index (χ2v) is 7.56. The summed E-state index contributed by atoms with van der Waals surface area (Å²) in [5, 5.41) is 3.18. The third-order valence-corrected chi connectivity index (χ3v) is 5.44. The molecule has 0 unspecified atom stereocenters. The van der Waals surface area contributed by atoms with Crippen LogP contribution in [0.5, 0.6) is 0 Å². The van der Waals surface area contributed by atoms with Crippen LogP contribution in [0.15, 0.2) is 53.5 Å². The van der Waals surface area contributed by atoms with Crippen LogP contribution in [0.4, 0.5) is 11.4 Å². The number of hydrogen-bond donors (Lipinski definition) is 2. The summed E-state index contributed by atoms with van der Waals surface area (Å²) in [4.78, 5) is 9.49. The summed E-state index contributed by atoms with van der Waals surface area (Å²) < 4.78 is 0. The highest BCUT2D eigenvalue weighted by atomic mass is 127. The number of benzene rings is 2. The van der Waals surface area contributed by atoms with E-state index in [2.05, 4.69) is 76.4 Å². The minimum absolute atomic E-state index is 0. The number of unbranched alkanes of at least 4 members (excludes halogenated alkanes) is 1. The van der Waals surface area contributed by atoms with E-state index in [-0.39, 0.29) is 24.0 Å². The standard InChI is InChI=1S/C23H33N5.HI/c1-19-10-11-21(18-20(19)2)26-23(24)25-12-6-7-13-27-14-16-28(17-15-27)22-8-4-3-5-9-22;/h3-5,8-11,18H,6-7,12-17H2,1-2H3,(H3,24,25,26);1H. The number of guanidine groups is 1. The fourth-order valence-electron chi connectivity index (χ4n) is 3.52. The lowest BCUT2D eigenvalue weighted by molar-refractivity contribution is 0.253. The smallest absolute Gasteiger partial charge is 0.193 e. The molecule has 0 amide bonds. The van der Waals surface area contributed by atoms with Gasteiger partial charge >= 0.3 is 0 Å². The molecule has 0 aromatic heterocycles. The maximum absolute atomic E-state index is 6.01. The number of nitrogens with one attached hydrogen (secondary N) is 1. The van der Waals surface area contributed by atoms with E-state index in [1.54, 1.807) is 0 Å². The van der Waals surface area contributed by atoms with Gasteiger partial charge < -0.3 is 16.0 Å². The van der Waals surface area contributed by atoms with E-state index in [4.69, 9.17) is 5.73 Å². The Balaban J connectivity index is 0.00000300. The van der Waals surface area contributed by atoms with E-state index in [1.807, 2.05) is 6.07 Å². The number of hydrogen-bond acceptors (Lipinski definition) is 3. The average Bonchev–Trinajstić information content (AvgIpc) is 2.72. The molecule has 0 spiro atoms. The fourth-order valence-corrected chi connectivity index (χ4v) is 3.52. The van der Waals surface area contributed by atoms with Gasteiger partial charge in [-0.15, -0.1) is 24.0 Å². The topological polar surface area (TPSA) is 56.9 Å². The van der Waals surface area contributed by atoms with Crippen LogP contribution in [0.25, 0.3) is 0 Å². The van der Waals surface area contributed by atoms with Crippen LogP contribution < -0.4 is 16.0 Å². The van der Waals surface area contributed by atoms with Gasteiger partial charge in [0.1, 0.15) is 0 Å². The summed E-state index contributed by atoms with van der Waals surface area (Å²) in [5.41, 5.74) is 10.9. The number of anilines is 2. The molecule has 0 atom stereocenters. The van der Waals surface area contributed by atoms with Gasteiger partial charge in [0.15, 0.2) is 5.96 Å². The summed E-state index contributed by atoms with van der Waals surface area (Å²) in [7, 11) is 0. The molecule has 2 aromatic rings. The van der Waals surface area contributed by atoms with Crippen molar-refractivity contribution < 1.29 is 0 Å². The molecule has 1 fully saturated rings. The number of aryl methyl sites for hydroxylation is 2. The Labute approximate surface area is 192 Å². The van der Waals surface area contributed by atoms with E-state index >= 15 is 0 Å². The van der Waals surface area contributed by atoms with Crippen molar-refractivity contribution in [1.29, 1.82) is 0 Å². The number of nitrogens with zero attached hydrogens (tertiary/aromatic N) is 3. The van der Waals surface area contributed by atoms with Gasteiger partial charge in [-0.3, -0.25) is 9.89 Å². The highest BCUT2D eigenvalue weighted by Gasteiger charge is 2.16. The number of para-hydroxylation sites is 1. The molecule has 2 aromatic carbocycles. The van der Waals surface area contributed by atoms with Crippen molar-refractivity contribution >= 4 is 41.3 Å². The van der Waals surface area contributed by atoms with Crippen LogP contribution in [0.3, 0.4) is 0 Å². The summed E-state index contributed by atoms with van der Waals surface area (Å²) in [6.07, 6.45) is 2.22. The van der Waals surface area contributed by atoms with Crippen LogP contribution >= 0.6 is 24.0 Å². The Bertz CT molecular complexity index is 770. The van der Waals surface area contributed by atoms with Crippen LogP contribution in [-0.4, -0.2) is 50.1 Å². The van der Waals surface area contributed by atoms with Gasteiger partial charge in [0.25, 0.3) is 0 Å². The average molecular weight is 507 g/mol. The van der Waals surface area contributed by atoms with Crippen molar-refractivity contribution in [2.24, 2.45) is 10.7 Å². The lowest BCUT2D eigenvalue weighted by atomic mass is 10.1. The molecule has 3 N–H and O–H groups in total. The molecule has 1 saturated heterocycles. The molecule has 1 aliphatic rings. The SMILES string of the molecule is Cc1ccc(NC(N)=NCCCCN2CCN(c3ccccc3)CC2)cc1C.I. The van der Waals surface area contributed by atoms with Gasteiger partial charge in [-0.2, -0.15) is 0 Å². The Morgan fingerprint density at radius 3 is 2.38 bits per heavy atom. The van der Waals surface area contributed by atoms with Crippen LogP contribution in [0.1, 0.15) is 24.0 Å². The predicted molar refractivity (Wildman–Crippen MR) is 136 cm³/mol. The summed E-state index contributed by atoms with van der Waals surface area (Å²) >= 11 is 0. The zero-order chi connectivity index (χ0) is 19.8. The van der Waals surface area contributed by atoms with Crippen LogP contribution in [-0.2, 0) is 0 Å². The first-order valence-corrected chi connectivity index (χ1v) is 10.3. The normalized spacial score (nSPS) is 15.1. The Kier molecular flexibility index (Phi) is 9.73.